The summed E-state index contributed by atoms with van der Waals surface area (Å²) in [6, 6.07) is 10.4. The molecule has 0 unspecified atom stereocenters. The van der Waals surface area contributed by atoms with E-state index in [9.17, 15) is 18.0 Å². The molecule has 0 aliphatic heterocycles. The number of hydrogen-bond acceptors (Lipinski definition) is 6. The van der Waals surface area contributed by atoms with Crippen LogP contribution in [-0.4, -0.2) is 30.1 Å². The molecule has 0 radical (unpaired) electrons. The van der Waals surface area contributed by atoms with E-state index in [0.717, 1.165) is 5.56 Å². The van der Waals surface area contributed by atoms with Crippen LogP contribution in [0.25, 0.3) is 0 Å². The van der Waals surface area contributed by atoms with Gasteiger partial charge in [0.05, 0.1) is 15.6 Å². The Morgan fingerprint density at radius 2 is 1.66 bits per heavy atom. The minimum absolute atomic E-state index is 0.00903. The average molecular weight is 473 g/mol. The number of nitrogens with zero attached hydrogens (tertiary/aromatic N) is 2. The molecule has 0 spiro atoms. The molecule has 3 aromatic rings. The summed E-state index contributed by atoms with van der Waals surface area (Å²) in [5.41, 5.74) is 5.84. The minimum atomic E-state index is -4.03. The minimum Gasteiger partial charge on any atom is -0.364 e. The first-order chi connectivity index (χ1) is 14.9. The summed E-state index contributed by atoms with van der Waals surface area (Å²) in [4.78, 5) is 32.0. The number of amides is 1. The lowest BCUT2D eigenvalue weighted by Crippen LogP contribution is -2.18. The third kappa shape index (κ3) is 5.12. The highest BCUT2D eigenvalue weighted by Crippen LogP contribution is 2.27. The van der Waals surface area contributed by atoms with Gasteiger partial charge in [0, 0.05) is 18.0 Å². The highest BCUT2D eigenvalue weighted by Gasteiger charge is 2.23. The standard InChI is InChI=1S/C22H21ClN4O4S/c1-22(2,3)14-5-7-16(8-6-14)32(30,31)27-18-10-15(23)12-26-19(18)20(28)13-4-9-17(21(24)29)25-11-13/h4-12,27H,1-3H3,(H2,24,29). The zero-order valence-electron chi connectivity index (χ0n) is 17.6. The Hall–Kier alpha value is -3.30. The Morgan fingerprint density at radius 3 is 2.19 bits per heavy atom. The lowest BCUT2D eigenvalue weighted by molar-refractivity contribution is 0.0991. The van der Waals surface area contributed by atoms with Crippen LogP contribution in [0.1, 0.15) is 52.9 Å². The lowest BCUT2D eigenvalue weighted by Gasteiger charge is -2.19. The van der Waals surface area contributed by atoms with Gasteiger partial charge in [-0.25, -0.2) is 13.4 Å². The largest absolute Gasteiger partial charge is 0.364 e. The fraction of sp³-hybridized carbons (Fsp3) is 0.182. The smallest absolute Gasteiger partial charge is 0.267 e. The van der Waals surface area contributed by atoms with E-state index in [1.54, 1.807) is 12.1 Å². The third-order valence-electron chi connectivity index (χ3n) is 4.62. The van der Waals surface area contributed by atoms with Crippen molar-refractivity contribution in [1.29, 1.82) is 0 Å². The van der Waals surface area contributed by atoms with Crippen molar-refractivity contribution >= 4 is 39.0 Å². The summed E-state index contributed by atoms with van der Waals surface area (Å²) < 4.78 is 28.3. The van der Waals surface area contributed by atoms with Gasteiger partial charge in [-0.05, 0) is 41.3 Å². The molecule has 166 valence electrons. The van der Waals surface area contributed by atoms with E-state index in [1.165, 1.54) is 42.7 Å². The number of nitrogens with one attached hydrogen (secondary N) is 1. The Kier molecular flexibility index (Phi) is 6.34. The number of nitrogens with two attached hydrogens (primary N) is 1. The van der Waals surface area contributed by atoms with Gasteiger partial charge in [-0.3, -0.25) is 19.3 Å². The van der Waals surface area contributed by atoms with Crippen LogP contribution in [0.2, 0.25) is 5.02 Å². The normalized spacial score (nSPS) is 11.8. The molecule has 0 aliphatic carbocycles. The molecule has 2 heterocycles. The first kappa shape index (κ1) is 23.4. The van der Waals surface area contributed by atoms with E-state index in [-0.39, 0.29) is 38.0 Å². The zero-order valence-corrected chi connectivity index (χ0v) is 19.2. The van der Waals surface area contributed by atoms with Gasteiger partial charge < -0.3 is 5.73 Å². The fourth-order valence-corrected chi connectivity index (χ4v) is 4.06. The first-order valence-corrected chi connectivity index (χ1v) is 11.3. The van der Waals surface area contributed by atoms with Gasteiger partial charge in [0.15, 0.2) is 0 Å². The van der Waals surface area contributed by atoms with E-state index in [2.05, 4.69) is 14.7 Å². The van der Waals surface area contributed by atoms with Gasteiger partial charge in [0.1, 0.15) is 11.4 Å². The Morgan fingerprint density at radius 1 is 1.00 bits per heavy atom. The maximum atomic E-state index is 12.9. The van der Waals surface area contributed by atoms with Crippen molar-refractivity contribution in [3.63, 3.8) is 0 Å². The molecule has 0 saturated heterocycles. The molecule has 1 aromatic carbocycles. The van der Waals surface area contributed by atoms with Crippen molar-refractivity contribution in [3.05, 3.63) is 82.4 Å². The van der Waals surface area contributed by atoms with E-state index >= 15 is 0 Å². The predicted octanol–water partition coefficient (Wildman–Crippen LogP) is 3.56. The van der Waals surface area contributed by atoms with Crippen LogP contribution in [0.15, 0.2) is 59.8 Å². The van der Waals surface area contributed by atoms with Crippen molar-refractivity contribution < 1.29 is 18.0 Å². The number of carbonyl (C=O) groups excluding carboxylic acids is 2. The van der Waals surface area contributed by atoms with E-state index in [1.807, 2.05) is 20.8 Å². The van der Waals surface area contributed by atoms with E-state index in [0.29, 0.717) is 0 Å². The molecular weight excluding hydrogens is 452 g/mol. The van der Waals surface area contributed by atoms with Crippen LogP contribution in [0, 0.1) is 0 Å². The number of carbonyl (C=O) groups is 2. The maximum Gasteiger partial charge on any atom is 0.267 e. The second kappa shape index (κ2) is 8.68. The number of benzene rings is 1. The maximum absolute atomic E-state index is 12.9. The number of hydrogen-bond donors (Lipinski definition) is 2. The lowest BCUT2D eigenvalue weighted by atomic mass is 9.87. The van der Waals surface area contributed by atoms with Crippen LogP contribution in [0.4, 0.5) is 5.69 Å². The second-order valence-corrected chi connectivity index (χ2v) is 10.2. The fourth-order valence-electron chi connectivity index (χ4n) is 2.85. The number of rotatable bonds is 6. The van der Waals surface area contributed by atoms with Crippen molar-refractivity contribution in [3.8, 4) is 0 Å². The number of ketones is 1. The van der Waals surface area contributed by atoms with Crippen molar-refractivity contribution in [2.24, 2.45) is 5.73 Å². The number of pyridine rings is 2. The van der Waals surface area contributed by atoms with Gasteiger partial charge in [-0.1, -0.05) is 44.5 Å². The quantitative estimate of drug-likeness (QED) is 0.527. The number of primary amides is 1. The van der Waals surface area contributed by atoms with E-state index < -0.39 is 21.7 Å². The molecule has 2 aromatic heterocycles. The average Bonchev–Trinajstić information content (AvgIpc) is 2.72. The summed E-state index contributed by atoms with van der Waals surface area (Å²) in [6.45, 7) is 6.07. The molecule has 3 N–H and O–H groups in total. The molecule has 1 amide bonds. The number of sulfonamides is 1. The summed E-state index contributed by atoms with van der Waals surface area (Å²) in [5, 5.41) is 0.143. The Balaban J connectivity index is 1.95. The van der Waals surface area contributed by atoms with Crippen molar-refractivity contribution in [1.82, 2.24) is 9.97 Å². The molecule has 0 bridgehead atoms. The van der Waals surface area contributed by atoms with Crippen molar-refractivity contribution in [2.45, 2.75) is 31.1 Å². The third-order valence-corrected chi connectivity index (χ3v) is 6.21. The monoisotopic (exact) mass is 472 g/mol. The van der Waals surface area contributed by atoms with Crippen LogP contribution < -0.4 is 10.5 Å². The molecule has 0 atom stereocenters. The summed E-state index contributed by atoms with van der Waals surface area (Å²) >= 11 is 6.00. The molecule has 3 rings (SSSR count). The highest BCUT2D eigenvalue weighted by atomic mass is 35.5. The predicted molar refractivity (Wildman–Crippen MR) is 121 cm³/mol. The molecule has 8 nitrogen and oxygen atoms in total. The van der Waals surface area contributed by atoms with Crippen LogP contribution in [0.5, 0.6) is 0 Å². The summed E-state index contributed by atoms with van der Waals surface area (Å²) in [6.07, 6.45) is 2.40. The van der Waals surface area contributed by atoms with Gasteiger partial charge in [-0.2, -0.15) is 0 Å². The topological polar surface area (TPSA) is 132 Å². The summed E-state index contributed by atoms with van der Waals surface area (Å²) in [5.74, 6) is -1.34. The summed E-state index contributed by atoms with van der Waals surface area (Å²) in [7, 11) is -4.03. The van der Waals surface area contributed by atoms with Crippen LogP contribution in [-0.2, 0) is 15.4 Å². The molecule has 0 fully saturated rings. The molecule has 0 aliphatic rings. The molecular formula is C22H21ClN4O4S. The highest BCUT2D eigenvalue weighted by molar-refractivity contribution is 7.92. The number of halogens is 1. The van der Waals surface area contributed by atoms with E-state index in [4.69, 9.17) is 17.3 Å². The second-order valence-electron chi connectivity index (χ2n) is 8.06. The number of anilines is 1. The molecule has 0 saturated carbocycles. The molecule has 10 heteroatoms. The first-order valence-electron chi connectivity index (χ1n) is 9.48. The zero-order chi connectivity index (χ0) is 23.7. The van der Waals surface area contributed by atoms with Gasteiger partial charge in [-0.15, -0.1) is 0 Å². The van der Waals surface area contributed by atoms with Gasteiger partial charge >= 0.3 is 0 Å². The van der Waals surface area contributed by atoms with Crippen LogP contribution >= 0.6 is 11.6 Å². The Labute approximate surface area is 190 Å². The van der Waals surface area contributed by atoms with Gasteiger partial charge in [0.25, 0.3) is 15.9 Å². The SMILES string of the molecule is CC(C)(C)c1ccc(S(=O)(=O)Nc2cc(Cl)cnc2C(=O)c2ccc(C(N)=O)nc2)cc1. The van der Waals surface area contributed by atoms with Crippen molar-refractivity contribution in [2.75, 3.05) is 4.72 Å². The molecule has 32 heavy (non-hydrogen) atoms. The van der Waals surface area contributed by atoms with Gasteiger partial charge in [0.2, 0.25) is 5.78 Å². The van der Waals surface area contributed by atoms with Crippen LogP contribution in [0.3, 0.4) is 0 Å². The Bertz CT molecular complexity index is 1280. The number of aromatic nitrogens is 2.